The van der Waals surface area contributed by atoms with Gasteiger partial charge in [0.05, 0.1) is 18.0 Å². The van der Waals surface area contributed by atoms with E-state index in [1.54, 1.807) is 6.92 Å². The van der Waals surface area contributed by atoms with Crippen LogP contribution in [-0.4, -0.2) is 48.8 Å². The largest absolute Gasteiger partial charge is 0.461 e. The van der Waals surface area contributed by atoms with Gasteiger partial charge in [-0.1, -0.05) is 63.0 Å². The molecule has 4 N–H and O–H groups in total. The van der Waals surface area contributed by atoms with Crippen molar-refractivity contribution < 1.29 is 14.3 Å². The summed E-state index contributed by atoms with van der Waals surface area (Å²) in [6.07, 6.45) is 0. The number of aromatic nitrogens is 6. The zero-order valence-electron chi connectivity index (χ0n) is 25.6. The Morgan fingerprint density at radius 2 is 1.20 bits per heavy atom. The van der Waals surface area contributed by atoms with Crippen LogP contribution in [0.5, 0.6) is 0 Å². The maximum atomic E-state index is 12.0. The Labute approximate surface area is 266 Å². The van der Waals surface area contributed by atoms with Crippen molar-refractivity contribution in [3.05, 3.63) is 80.6 Å². The zero-order valence-corrected chi connectivity index (χ0v) is 27.1. The van der Waals surface area contributed by atoms with Gasteiger partial charge in [0.25, 0.3) is 5.91 Å². The average molecular weight is 641 g/mol. The molecule has 44 heavy (non-hydrogen) atoms. The number of pyridine rings is 2. The fourth-order valence-corrected chi connectivity index (χ4v) is 4.43. The number of amides is 1. The lowest BCUT2D eigenvalue weighted by Crippen LogP contribution is -2.16. The van der Waals surface area contributed by atoms with Crippen LogP contribution in [0, 0.1) is 13.8 Å². The summed E-state index contributed by atoms with van der Waals surface area (Å²) in [5.41, 5.74) is 10.4. The number of rotatable bonds is 9. The molecule has 0 bridgehead atoms. The molecule has 1 amide bonds. The van der Waals surface area contributed by atoms with Gasteiger partial charge in [0.15, 0.2) is 21.7 Å². The van der Waals surface area contributed by atoms with Crippen LogP contribution in [0.3, 0.4) is 0 Å². The van der Waals surface area contributed by atoms with Gasteiger partial charge in [-0.3, -0.25) is 4.79 Å². The number of carbonyl (C=O) groups is 2. The molecular weight excluding hydrogens is 605 g/mol. The highest BCUT2D eigenvalue weighted by molar-refractivity contribution is 6.30. The topological polar surface area (TPSA) is 171 Å². The quantitative estimate of drug-likeness (QED) is 0.167. The fraction of sp³-hybridized carbons (Fsp3) is 0.333. The van der Waals surface area contributed by atoms with E-state index in [2.05, 4.69) is 68.7 Å². The average Bonchev–Trinajstić information content (AvgIpc) is 2.95. The van der Waals surface area contributed by atoms with Gasteiger partial charge in [0.2, 0.25) is 0 Å². The van der Waals surface area contributed by atoms with E-state index in [9.17, 15) is 9.59 Å². The van der Waals surface area contributed by atoms with Gasteiger partial charge in [-0.2, -0.15) is 0 Å². The number of halogens is 2. The molecule has 0 spiro atoms. The number of hydrogen-bond donors (Lipinski definition) is 3. The molecule has 14 heteroatoms. The second kappa shape index (κ2) is 15.3. The van der Waals surface area contributed by atoms with Crippen LogP contribution in [0.25, 0.3) is 0 Å². The Morgan fingerprint density at radius 3 is 1.61 bits per heavy atom. The second-order valence-electron chi connectivity index (χ2n) is 10.3. The number of anilines is 4. The Balaban J connectivity index is 0.000000241. The Bertz CT molecular complexity index is 1650. The summed E-state index contributed by atoms with van der Waals surface area (Å²) >= 11 is 11.7. The fourth-order valence-electron chi connectivity index (χ4n) is 4.13. The summed E-state index contributed by atoms with van der Waals surface area (Å²) in [4.78, 5) is 32.5. The molecule has 0 aliphatic rings. The number of hydrogen-bond acceptors (Lipinski definition) is 11. The van der Waals surface area contributed by atoms with Crippen molar-refractivity contribution >= 4 is 58.1 Å². The molecule has 0 aliphatic heterocycles. The van der Waals surface area contributed by atoms with Crippen LogP contribution in [0.15, 0.2) is 36.4 Å². The molecule has 0 unspecified atom stereocenters. The number of ether oxygens (including phenoxy) is 1. The summed E-state index contributed by atoms with van der Waals surface area (Å²) in [6, 6.07) is 10.6. The molecule has 0 aromatic carbocycles. The molecule has 4 aromatic rings. The van der Waals surface area contributed by atoms with Crippen molar-refractivity contribution in [3.63, 3.8) is 0 Å². The summed E-state index contributed by atoms with van der Waals surface area (Å²) in [6.45, 7) is 14.3. The number of nitrogens with two attached hydrogens (primary N) is 1. The van der Waals surface area contributed by atoms with Crippen LogP contribution in [0.2, 0.25) is 10.3 Å². The van der Waals surface area contributed by atoms with E-state index in [0.717, 1.165) is 22.5 Å². The van der Waals surface area contributed by atoms with Crippen LogP contribution in [-0.2, 0) is 4.74 Å². The lowest BCUT2D eigenvalue weighted by atomic mass is 10.1. The molecule has 232 valence electrons. The van der Waals surface area contributed by atoms with Crippen molar-refractivity contribution in [2.24, 2.45) is 5.73 Å². The van der Waals surface area contributed by atoms with Gasteiger partial charge in [-0.15, -0.1) is 20.4 Å². The third kappa shape index (κ3) is 9.04. The molecule has 4 rings (SSSR count). The van der Waals surface area contributed by atoms with Gasteiger partial charge in [-0.25, -0.2) is 14.8 Å². The highest BCUT2D eigenvalue weighted by Crippen LogP contribution is 2.25. The first-order valence-electron chi connectivity index (χ1n) is 13.8. The summed E-state index contributed by atoms with van der Waals surface area (Å²) in [7, 11) is 0. The van der Waals surface area contributed by atoms with E-state index >= 15 is 0 Å². The Morgan fingerprint density at radius 1 is 0.773 bits per heavy atom. The molecule has 4 aromatic heterocycles. The first-order chi connectivity index (χ1) is 20.8. The summed E-state index contributed by atoms with van der Waals surface area (Å²) < 4.78 is 4.98. The van der Waals surface area contributed by atoms with E-state index in [1.165, 1.54) is 12.1 Å². The van der Waals surface area contributed by atoms with Gasteiger partial charge < -0.3 is 21.1 Å². The zero-order chi connectivity index (χ0) is 32.6. The third-order valence-electron chi connectivity index (χ3n) is 6.12. The minimum Gasteiger partial charge on any atom is -0.461 e. The summed E-state index contributed by atoms with van der Waals surface area (Å²) in [5, 5.41) is 21.3. The van der Waals surface area contributed by atoms with Crippen molar-refractivity contribution in [1.82, 2.24) is 30.4 Å². The van der Waals surface area contributed by atoms with Crippen molar-refractivity contribution in [3.8, 4) is 0 Å². The number of nitrogens with one attached hydrogen (secondary N) is 2. The Hall–Kier alpha value is -4.42. The highest BCUT2D eigenvalue weighted by Gasteiger charge is 2.18. The minimum absolute atomic E-state index is 0.0212. The molecule has 0 saturated heterocycles. The number of esters is 1. The molecule has 4 heterocycles. The highest BCUT2D eigenvalue weighted by atomic mass is 35.5. The van der Waals surface area contributed by atoms with Crippen LogP contribution in [0.1, 0.15) is 89.9 Å². The lowest BCUT2D eigenvalue weighted by molar-refractivity contribution is 0.0519. The number of primary amides is 1. The standard InChI is InChI=1S/C16H19ClN4O2.C14H16ClN5O/c1-5-23-16(22)15-11(8-12(17)20-21-15)18-13-7-6-10(4)14(19-13)9(2)3;1-7(2)12-8(3)4-5-11(18-12)17-9-6-10(15)19-20-13(9)14(16)21/h6-9H,5H2,1-4H3,(H,18,19,20);4-7H,1-3H3,(H2,16,21)(H,17,18,19). The normalized spacial score (nSPS) is 10.7. The maximum Gasteiger partial charge on any atom is 0.361 e. The van der Waals surface area contributed by atoms with E-state index in [1.807, 2.05) is 38.1 Å². The smallest absolute Gasteiger partial charge is 0.361 e. The maximum absolute atomic E-state index is 12.0. The van der Waals surface area contributed by atoms with Crippen LogP contribution in [0.4, 0.5) is 23.0 Å². The van der Waals surface area contributed by atoms with E-state index in [0.29, 0.717) is 34.8 Å². The van der Waals surface area contributed by atoms with Gasteiger partial charge >= 0.3 is 5.97 Å². The molecule has 0 radical (unpaired) electrons. The van der Waals surface area contributed by atoms with Gasteiger partial charge in [-0.05, 0) is 55.9 Å². The van der Waals surface area contributed by atoms with Crippen LogP contribution >= 0.6 is 23.2 Å². The second-order valence-corrected chi connectivity index (χ2v) is 11.1. The van der Waals surface area contributed by atoms with Crippen LogP contribution < -0.4 is 16.4 Å². The first kappa shape index (κ1) is 34.1. The molecule has 0 atom stereocenters. The first-order valence-corrected chi connectivity index (χ1v) is 14.6. The monoisotopic (exact) mass is 639 g/mol. The predicted octanol–water partition coefficient (Wildman–Crippen LogP) is 6.68. The van der Waals surface area contributed by atoms with E-state index < -0.39 is 11.9 Å². The minimum atomic E-state index is -0.683. The SMILES string of the molecule is CCOC(=O)c1nnc(Cl)cc1Nc1ccc(C)c(C(C)C)n1.Cc1ccc(Nc2cc(Cl)nnc2C(N)=O)nc1C(C)C. The molecule has 0 fully saturated rings. The van der Waals surface area contributed by atoms with E-state index in [4.69, 9.17) is 33.7 Å². The number of nitrogens with zero attached hydrogens (tertiary/aromatic N) is 6. The van der Waals surface area contributed by atoms with Crippen molar-refractivity contribution in [2.45, 2.75) is 60.3 Å². The van der Waals surface area contributed by atoms with Crippen molar-refractivity contribution in [1.29, 1.82) is 0 Å². The summed E-state index contributed by atoms with van der Waals surface area (Å²) in [5.74, 6) is 0.542. The third-order valence-corrected chi connectivity index (χ3v) is 6.49. The molecule has 0 aliphatic carbocycles. The molecule has 12 nitrogen and oxygen atoms in total. The Kier molecular flexibility index (Phi) is 11.9. The number of aryl methyl sites for hydroxylation is 2. The van der Waals surface area contributed by atoms with Gasteiger partial charge in [0, 0.05) is 23.5 Å². The molecule has 0 saturated carbocycles. The molecular formula is C30H35Cl2N9O3. The number of carbonyl (C=O) groups excluding carboxylic acids is 2. The lowest BCUT2D eigenvalue weighted by Gasteiger charge is -2.13. The van der Waals surface area contributed by atoms with Gasteiger partial charge in [0.1, 0.15) is 11.6 Å². The van der Waals surface area contributed by atoms with Crippen molar-refractivity contribution in [2.75, 3.05) is 17.2 Å². The predicted molar refractivity (Wildman–Crippen MR) is 171 cm³/mol. The van der Waals surface area contributed by atoms with E-state index in [-0.39, 0.29) is 28.3 Å².